The maximum atomic E-state index is 9.54. The SMILES string of the molecule is CC1=C(C#N)C(c2cccc(-n3cncn3)c2)C(C#N)=C(C)N1. The Morgan fingerprint density at radius 3 is 2.39 bits per heavy atom. The Labute approximate surface area is 134 Å². The molecule has 2 aromatic rings. The Morgan fingerprint density at radius 2 is 1.83 bits per heavy atom. The van der Waals surface area contributed by atoms with Gasteiger partial charge in [-0.3, -0.25) is 0 Å². The molecule has 0 unspecified atom stereocenters. The van der Waals surface area contributed by atoms with E-state index in [0.29, 0.717) is 11.1 Å². The molecule has 0 spiro atoms. The van der Waals surface area contributed by atoms with Gasteiger partial charge in [0.25, 0.3) is 0 Å². The van der Waals surface area contributed by atoms with Crippen molar-refractivity contribution in [3.63, 3.8) is 0 Å². The zero-order chi connectivity index (χ0) is 16.4. The van der Waals surface area contributed by atoms with Gasteiger partial charge in [0.05, 0.1) is 34.9 Å². The lowest BCUT2D eigenvalue weighted by atomic mass is 9.81. The molecule has 6 heteroatoms. The summed E-state index contributed by atoms with van der Waals surface area (Å²) < 4.78 is 1.65. The highest BCUT2D eigenvalue weighted by Crippen LogP contribution is 2.37. The Morgan fingerprint density at radius 1 is 1.13 bits per heavy atom. The molecule has 2 heterocycles. The van der Waals surface area contributed by atoms with Crippen LogP contribution in [0.3, 0.4) is 0 Å². The molecule has 0 atom stereocenters. The van der Waals surface area contributed by atoms with Gasteiger partial charge < -0.3 is 5.32 Å². The van der Waals surface area contributed by atoms with Gasteiger partial charge in [0, 0.05) is 11.4 Å². The standard InChI is InChI=1S/C17H14N6/c1-11-15(7-18)17(16(8-19)12(2)22-11)13-4-3-5-14(6-13)23-10-20-9-21-23/h3-6,9-10,17,22H,1-2H3. The summed E-state index contributed by atoms with van der Waals surface area (Å²) in [4.78, 5) is 3.95. The van der Waals surface area contributed by atoms with Crippen LogP contribution in [0.25, 0.3) is 5.69 Å². The second-order valence-electron chi connectivity index (χ2n) is 5.29. The highest BCUT2D eigenvalue weighted by Gasteiger charge is 2.29. The average molecular weight is 302 g/mol. The first-order valence-corrected chi connectivity index (χ1v) is 7.09. The van der Waals surface area contributed by atoms with Gasteiger partial charge in [-0.1, -0.05) is 12.1 Å². The van der Waals surface area contributed by atoms with Gasteiger partial charge in [-0.25, -0.2) is 9.67 Å². The normalized spacial score (nSPS) is 15.1. The third kappa shape index (κ3) is 2.47. The second kappa shape index (κ2) is 5.78. The maximum Gasteiger partial charge on any atom is 0.138 e. The van der Waals surface area contributed by atoms with Gasteiger partial charge in [-0.15, -0.1) is 0 Å². The van der Waals surface area contributed by atoms with E-state index in [1.54, 1.807) is 11.0 Å². The van der Waals surface area contributed by atoms with Crippen molar-refractivity contribution in [2.24, 2.45) is 0 Å². The van der Waals surface area contributed by atoms with E-state index in [0.717, 1.165) is 22.6 Å². The summed E-state index contributed by atoms with van der Waals surface area (Å²) in [7, 11) is 0. The lowest BCUT2D eigenvalue weighted by Gasteiger charge is -2.26. The largest absolute Gasteiger partial charge is 0.361 e. The summed E-state index contributed by atoms with van der Waals surface area (Å²) in [5.41, 5.74) is 4.39. The van der Waals surface area contributed by atoms with Crippen molar-refractivity contribution in [3.8, 4) is 17.8 Å². The predicted molar refractivity (Wildman–Crippen MR) is 83.9 cm³/mol. The van der Waals surface area contributed by atoms with Crippen molar-refractivity contribution in [1.29, 1.82) is 10.5 Å². The third-order valence-corrected chi connectivity index (χ3v) is 3.89. The van der Waals surface area contributed by atoms with Crippen molar-refractivity contribution in [2.75, 3.05) is 0 Å². The minimum Gasteiger partial charge on any atom is -0.361 e. The minimum atomic E-state index is -0.366. The Bertz CT molecular complexity index is 854. The summed E-state index contributed by atoms with van der Waals surface area (Å²) in [6.45, 7) is 3.70. The van der Waals surface area contributed by atoms with Crippen LogP contribution in [0.5, 0.6) is 0 Å². The van der Waals surface area contributed by atoms with Crippen LogP contribution in [0.4, 0.5) is 0 Å². The fourth-order valence-electron chi connectivity index (χ4n) is 2.81. The first-order valence-electron chi connectivity index (χ1n) is 7.09. The number of rotatable bonds is 2. The zero-order valence-corrected chi connectivity index (χ0v) is 12.8. The van der Waals surface area contributed by atoms with Crippen LogP contribution in [0.15, 0.2) is 59.5 Å². The maximum absolute atomic E-state index is 9.54. The molecule has 3 rings (SSSR count). The van der Waals surface area contributed by atoms with E-state index < -0.39 is 0 Å². The number of allylic oxidation sites excluding steroid dienone is 4. The lowest BCUT2D eigenvalue weighted by molar-refractivity contribution is 0.810. The number of nitrogens with zero attached hydrogens (tertiary/aromatic N) is 5. The summed E-state index contributed by atoms with van der Waals surface area (Å²) in [5, 5.41) is 26.3. The van der Waals surface area contributed by atoms with E-state index in [1.807, 2.05) is 38.1 Å². The van der Waals surface area contributed by atoms with Crippen molar-refractivity contribution >= 4 is 0 Å². The number of dihydropyridines is 1. The molecule has 1 aromatic heterocycles. The molecule has 1 aromatic carbocycles. The summed E-state index contributed by atoms with van der Waals surface area (Å²) in [6, 6.07) is 12.1. The molecule has 1 aliphatic heterocycles. The van der Waals surface area contributed by atoms with Crippen molar-refractivity contribution in [3.05, 3.63) is 65.0 Å². The quantitative estimate of drug-likeness (QED) is 0.920. The van der Waals surface area contributed by atoms with Crippen LogP contribution >= 0.6 is 0 Å². The number of nitrogens with one attached hydrogen (secondary N) is 1. The third-order valence-electron chi connectivity index (χ3n) is 3.89. The van der Waals surface area contributed by atoms with Gasteiger partial charge in [0.2, 0.25) is 0 Å². The van der Waals surface area contributed by atoms with Crippen LogP contribution in [-0.4, -0.2) is 14.8 Å². The van der Waals surface area contributed by atoms with E-state index in [9.17, 15) is 10.5 Å². The predicted octanol–water partition coefficient (Wildman–Crippen LogP) is 2.55. The molecule has 0 radical (unpaired) electrons. The molecule has 1 aliphatic rings. The zero-order valence-electron chi connectivity index (χ0n) is 12.8. The van der Waals surface area contributed by atoms with Crippen molar-refractivity contribution in [2.45, 2.75) is 19.8 Å². The van der Waals surface area contributed by atoms with Gasteiger partial charge in [-0.05, 0) is 31.5 Å². The Hall–Kier alpha value is -3.38. The Kier molecular flexibility index (Phi) is 3.66. The lowest BCUT2D eigenvalue weighted by Crippen LogP contribution is -2.23. The molecule has 112 valence electrons. The molecular weight excluding hydrogens is 288 g/mol. The first kappa shape index (κ1) is 14.6. The van der Waals surface area contributed by atoms with E-state index in [2.05, 4.69) is 27.5 Å². The summed E-state index contributed by atoms with van der Waals surface area (Å²) >= 11 is 0. The fourth-order valence-corrected chi connectivity index (χ4v) is 2.81. The number of aromatic nitrogens is 3. The average Bonchev–Trinajstić information content (AvgIpc) is 3.09. The first-order chi connectivity index (χ1) is 11.2. The van der Waals surface area contributed by atoms with Crippen molar-refractivity contribution < 1.29 is 0 Å². The van der Waals surface area contributed by atoms with Crippen LogP contribution in [-0.2, 0) is 0 Å². The summed E-state index contributed by atoms with van der Waals surface area (Å²) in [6.07, 6.45) is 3.08. The van der Waals surface area contributed by atoms with Crippen LogP contribution in [0.1, 0.15) is 25.3 Å². The number of hydrogen-bond acceptors (Lipinski definition) is 5. The van der Waals surface area contributed by atoms with Crippen LogP contribution in [0, 0.1) is 22.7 Å². The van der Waals surface area contributed by atoms with E-state index in [1.165, 1.54) is 6.33 Å². The monoisotopic (exact) mass is 302 g/mol. The van der Waals surface area contributed by atoms with Gasteiger partial charge in [-0.2, -0.15) is 15.6 Å². The molecule has 0 saturated heterocycles. The smallest absolute Gasteiger partial charge is 0.138 e. The highest BCUT2D eigenvalue weighted by molar-refractivity contribution is 5.56. The van der Waals surface area contributed by atoms with E-state index >= 15 is 0 Å². The molecule has 0 aliphatic carbocycles. The van der Waals surface area contributed by atoms with E-state index in [-0.39, 0.29) is 5.92 Å². The topological polar surface area (TPSA) is 90.3 Å². The molecule has 0 bridgehead atoms. The second-order valence-corrected chi connectivity index (χ2v) is 5.29. The van der Waals surface area contributed by atoms with Gasteiger partial charge >= 0.3 is 0 Å². The number of hydrogen-bond donors (Lipinski definition) is 1. The molecule has 1 N–H and O–H groups in total. The molecule has 0 amide bonds. The number of benzene rings is 1. The Balaban J connectivity index is 2.15. The summed E-state index contributed by atoms with van der Waals surface area (Å²) in [5.74, 6) is -0.366. The molecular formula is C17H14N6. The molecule has 6 nitrogen and oxygen atoms in total. The molecule has 0 saturated carbocycles. The minimum absolute atomic E-state index is 0.366. The highest BCUT2D eigenvalue weighted by atomic mass is 15.3. The van der Waals surface area contributed by atoms with Crippen molar-refractivity contribution in [1.82, 2.24) is 20.1 Å². The number of nitriles is 2. The van der Waals surface area contributed by atoms with E-state index in [4.69, 9.17) is 0 Å². The molecule has 23 heavy (non-hydrogen) atoms. The van der Waals surface area contributed by atoms with Crippen LogP contribution < -0.4 is 5.32 Å². The fraction of sp³-hybridized carbons (Fsp3) is 0.176. The van der Waals surface area contributed by atoms with Gasteiger partial charge in [0.1, 0.15) is 12.7 Å². The van der Waals surface area contributed by atoms with Gasteiger partial charge in [0.15, 0.2) is 0 Å². The van der Waals surface area contributed by atoms with Crippen LogP contribution in [0.2, 0.25) is 0 Å². The molecule has 0 fully saturated rings.